The predicted molar refractivity (Wildman–Crippen MR) is 117 cm³/mol. The number of β-amino-alcohol motifs (C(OH)–C–C–N with tert-alkyl or cyclic N) is 1. The second-order valence-electron chi connectivity index (χ2n) is 7.60. The van der Waals surface area contributed by atoms with Crippen molar-refractivity contribution in [2.45, 2.75) is 11.0 Å². The Bertz CT molecular complexity index is 1140. The lowest BCUT2D eigenvalue weighted by atomic mass is 10.1. The number of ether oxygens (including phenoxy) is 1. The molecule has 0 spiro atoms. The third kappa shape index (κ3) is 5.04. The SMILES string of the molecule is O=S(=O)(c1cccc(F)c1)N1CCN(CC(O)COc2cccc3ccccc23)CC1. The van der Waals surface area contributed by atoms with E-state index in [1.54, 1.807) is 0 Å². The second-order valence-corrected chi connectivity index (χ2v) is 9.54. The van der Waals surface area contributed by atoms with Crippen molar-refractivity contribution in [1.82, 2.24) is 9.21 Å². The quantitative estimate of drug-likeness (QED) is 0.607. The summed E-state index contributed by atoms with van der Waals surface area (Å²) in [5.74, 6) is 0.150. The van der Waals surface area contributed by atoms with E-state index in [2.05, 4.69) is 0 Å². The van der Waals surface area contributed by atoms with Crippen LogP contribution in [-0.4, -0.2) is 68.2 Å². The molecule has 1 aliphatic rings. The summed E-state index contributed by atoms with van der Waals surface area (Å²) in [7, 11) is -3.72. The maximum absolute atomic E-state index is 13.4. The lowest BCUT2D eigenvalue weighted by molar-refractivity contribution is 0.0573. The molecule has 0 radical (unpaired) electrons. The minimum absolute atomic E-state index is 0.0375. The summed E-state index contributed by atoms with van der Waals surface area (Å²) in [6.07, 6.45) is -0.703. The Kier molecular flexibility index (Phi) is 6.52. The van der Waals surface area contributed by atoms with E-state index in [1.165, 1.54) is 22.5 Å². The molecule has 1 aliphatic heterocycles. The van der Waals surface area contributed by atoms with Crippen LogP contribution in [0.25, 0.3) is 10.8 Å². The molecule has 1 saturated heterocycles. The molecule has 6 nitrogen and oxygen atoms in total. The Morgan fingerprint density at radius 3 is 2.45 bits per heavy atom. The lowest BCUT2D eigenvalue weighted by Gasteiger charge is -2.34. The van der Waals surface area contributed by atoms with Crippen molar-refractivity contribution in [2.75, 3.05) is 39.3 Å². The highest BCUT2D eigenvalue weighted by atomic mass is 32.2. The van der Waals surface area contributed by atoms with Gasteiger partial charge < -0.3 is 9.84 Å². The summed E-state index contributed by atoms with van der Waals surface area (Å²) in [6.45, 7) is 2.08. The van der Waals surface area contributed by atoms with E-state index in [0.29, 0.717) is 19.6 Å². The van der Waals surface area contributed by atoms with Crippen LogP contribution >= 0.6 is 0 Å². The summed E-state index contributed by atoms with van der Waals surface area (Å²) >= 11 is 0. The van der Waals surface area contributed by atoms with Crippen LogP contribution in [0.2, 0.25) is 0 Å². The molecule has 0 aliphatic carbocycles. The molecule has 0 saturated carbocycles. The molecule has 8 heteroatoms. The molecule has 31 heavy (non-hydrogen) atoms. The van der Waals surface area contributed by atoms with E-state index in [4.69, 9.17) is 4.74 Å². The monoisotopic (exact) mass is 444 g/mol. The zero-order valence-electron chi connectivity index (χ0n) is 17.0. The number of fused-ring (bicyclic) bond motifs is 1. The number of aliphatic hydroxyl groups is 1. The maximum atomic E-state index is 13.4. The molecule has 1 N–H and O–H groups in total. The molecular formula is C23H25FN2O4S. The smallest absolute Gasteiger partial charge is 0.243 e. The molecule has 164 valence electrons. The minimum atomic E-state index is -3.72. The molecule has 1 atom stereocenters. The first-order valence-corrected chi connectivity index (χ1v) is 11.6. The number of sulfonamides is 1. The summed E-state index contributed by atoms with van der Waals surface area (Å²) in [4.78, 5) is 1.97. The highest BCUT2D eigenvalue weighted by Crippen LogP contribution is 2.25. The molecule has 0 bridgehead atoms. The van der Waals surface area contributed by atoms with Crippen molar-refractivity contribution in [3.63, 3.8) is 0 Å². The van der Waals surface area contributed by atoms with E-state index >= 15 is 0 Å². The number of hydrogen-bond acceptors (Lipinski definition) is 5. The van der Waals surface area contributed by atoms with Gasteiger partial charge in [-0.1, -0.05) is 42.5 Å². The van der Waals surface area contributed by atoms with Gasteiger partial charge in [0.25, 0.3) is 0 Å². The Hall–Kier alpha value is -2.52. The van der Waals surface area contributed by atoms with Gasteiger partial charge in [0.2, 0.25) is 10.0 Å². The van der Waals surface area contributed by atoms with Gasteiger partial charge in [0.05, 0.1) is 4.90 Å². The van der Waals surface area contributed by atoms with Gasteiger partial charge >= 0.3 is 0 Å². The van der Waals surface area contributed by atoms with Crippen molar-refractivity contribution in [3.8, 4) is 5.75 Å². The van der Waals surface area contributed by atoms with Crippen molar-refractivity contribution < 1.29 is 22.7 Å². The van der Waals surface area contributed by atoms with Crippen LogP contribution in [0.4, 0.5) is 4.39 Å². The fourth-order valence-corrected chi connectivity index (χ4v) is 5.24. The zero-order chi connectivity index (χ0) is 21.8. The number of halogens is 1. The third-order valence-corrected chi connectivity index (χ3v) is 7.31. The van der Waals surface area contributed by atoms with Crippen LogP contribution in [0.5, 0.6) is 5.75 Å². The molecule has 1 fully saturated rings. The highest BCUT2D eigenvalue weighted by molar-refractivity contribution is 7.89. The number of benzene rings is 3. The first-order valence-electron chi connectivity index (χ1n) is 10.2. The highest BCUT2D eigenvalue weighted by Gasteiger charge is 2.29. The number of hydrogen-bond donors (Lipinski definition) is 1. The van der Waals surface area contributed by atoms with Crippen LogP contribution in [0, 0.1) is 5.82 Å². The number of rotatable bonds is 7. The Morgan fingerprint density at radius 2 is 1.68 bits per heavy atom. The van der Waals surface area contributed by atoms with Crippen molar-refractivity contribution >= 4 is 20.8 Å². The average molecular weight is 445 g/mol. The van der Waals surface area contributed by atoms with E-state index in [1.807, 2.05) is 47.4 Å². The first-order chi connectivity index (χ1) is 14.9. The number of piperazine rings is 1. The van der Waals surface area contributed by atoms with Crippen molar-refractivity contribution in [1.29, 1.82) is 0 Å². The van der Waals surface area contributed by atoms with Gasteiger partial charge in [0.15, 0.2) is 0 Å². The fourth-order valence-electron chi connectivity index (χ4n) is 3.79. The molecule has 1 heterocycles. The van der Waals surface area contributed by atoms with Crippen molar-refractivity contribution in [2.24, 2.45) is 0 Å². The molecule has 4 rings (SSSR count). The van der Waals surface area contributed by atoms with Gasteiger partial charge in [-0.15, -0.1) is 0 Å². The molecular weight excluding hydrogens is 419 g/mol. The van der Waals surface area contributed by atoms with Crippen LogP contribution in [0.3, 0.4) is 0 Å². The van der Waals surface area contributed by atoms with Gasteiger partial charge in [0.1, 0.15) is 24.3 Å². The van der Waals surface area contributed by atoms with Gasteiger partial charge in [0, 0.05) is 38.1 Å². The van der Waals surface area contributed by atoms with E-state index in [0.717, 1.165) is 22.6 Å². The molecule has 3 aromatic carbocycles. The predicted octanol–water partition coefficient (Wildman–Crippen LogP) is 2.73. The van der Waals surface area contributed by atoms with Crippen LogP contribution in [-0.2, 0) is 10.0 Å². The van der Waals surface area contributed by atoms with Gasteiger partial charge in [-0.3, -0.25) is 4.90 Å². The second kappa shape index (κ2) is 9.32. The molecule has 3 aromatic rings. The zero-order valence-corrected chi connectivity index (χ0v) is 17.8. The van der Waals surface area contributed by atoms with Gasteiger partial charge in [-0.05, 0) is 29.7 Å². The molecule has 0 amide bonds. The summed E-state index contributed by atoms with van der Waals surface area (Å²) in [5, 5.41) is 12.5. The van der Waals surface area contributed by atoms with Gasteiger partial charge in [-0.2, -0.15) is 4.31 Å². The molecule has 0 aromatic heterocycles. The Balaban J connectivity index is 1.29. The summed E-state index contributed by atoms with van der Waals surface area (Å²) in [6, 6.07) is 18.8. The summed E-state index contributed by atoms with van der Waals surface area (Å²) in [5.41, 5.74) is 0. The Morgan fingerprint density at radius 1 is 0.968 bits per heavy atom. The van der Waals surface area contributed by atoms with E-state index in [9.17, 15) is 17.9 Å². The lowest BCUT2D eigenvalue weighted by Crippen LogP contribution is -2.50. The van der Waals surface area contributed by atoms with E-state index < -0.39 is 21.9 Å². The third-order valence-electron chi connectivity index (χ3n) is 5.41. The van der Waals surface area contributed by atoms with E-state index in [-0.39, 0.29) is 24.6 Å². The molecule has 1 unspecified atom stereocenters. The van der Waals surface area contributed by atoms with Crippen LogP contribution in [0.1, 0.15) is 0 Å². The first kappa shape index (κ1) is 21.7. The van der Waals surface area contributed by atoms with Gasteiger partial charge in [-0.25, -0.2) is 12.8 Å². The normalized spacial score (nSPS) is 17.0. The minimum Gasteiger partial charge on any atom is -0.490 e. The van der Waals surface area contributed by atoms with Crippen molar-refractivity contribution in [3.05, 3.63) is 72.5 Å². The topological polar surface area (TPSA) is 70.1 Å². The average Bonchev–Trinajstić information content (AvgIpc) is 2.78. The number of aliphatic hydroxyl groups excluding tert-OH is 1. The van der Waals surface area contributed by atoms with Crippen LogP contribution in [0.15, 0.2) is 71.6 Å². The summed E-state index contributed by atoms with van der Waals surface area (Å²) < 4.78 is 46.0. The Labute approximate surface area is 181 Å². The maximum Gasteiger partial charge on any atom is 0.243 e. The van der Waals surface area contributed by atoms with Crippen LogP contribution < -0.4 is 4.74 Å². The fraction of sp³-hybridized carbons (Fsp3) is 0.304. The standard InChI is InChI=1S/C23H25FN2O4S/c24-19-7-4-8-21(15-19)31(28,29)26-13-11-25(12-14-26)16-20(27)17-30-23-10-3-6-18-5-1-2-9-22(18)23/h1-10,15,20,27H,11-14,16-17H2. The number of nitrogens with zero attached hydrogens (tertiary/aromatic N) is 2. The largest absolute Gasteiger partial charge is 0.490 e.